The molecule has 0 radical (unpaired) electrons. The smallest absolute Gasteiger partial charge is 0.416 e. The van der Waals surface area contributed by atoms with E-state index < -0.39 is 23.8 Å². The number of morpholine rings is 1. The Balaban J connectivity index is 1.77. The van der Waals surface area contributed by atoms with Gasteiger partial charge in [0, 0.05) is 12.1 Å². The highest BCUT2D eigenvalue weighted by Gasteiger charge is 2.32. The Morgan fingerprint density at radius 3 is 2.96 bits per heavy atom. The predicted molar refractivity (Wildman–Crippen MR) is 81.8 cm³/mol. The molecule has 1 aromatic heterocycles. The zero-order valence-electron chi connectivity index (χ0n) is 13.8. The SMILES string of the molecule is COC(=O)[C@H]1COCCN1Cc1nc(-c2cccc(C(F)(F)F)c2)no1. The molecule has 1 aliphatic heterocycles. The molecule has 0 bridgehead atoms. The van der Waals surface area contributed by atoms with Crippen molar-refractivity contribution >= 4 is 5.97 Å². The summed E-state index contributed by atoms with van der Waals surface area (Å²) in [6.45, 7) is 1.24. The third kappa shape index (κ3) is 4.02. The number of carbonyl (C=O) groups is 1. The van der Waals surface area contributed by atoms with Crippen molar-refractivity contribution < 1.29 is 32.0 Å². The number of ether oxygens (including phenoxy) is 2. The fraction of sp³-hybridized carbons (Fsp3) is 0.438. The van der Waals surface area contributed by atoms with E-state index >= 15 is 0 Å². The second-order valence-electron chi connectivity index (χ2n) is 5.67. The number of nitrogens with zero attached hydrogens (tertiary/aromatic N) is 3. The van der Waals surface area contributed by atoms with Crippen LogP contribution >= 0.6 is 0 Å². The second-order valence-corrected chi connectivity index (χ2v) is 5.67. The van der Waals surface area contributed by atoms with Gasteiger partial charge in [0.2, 0.25) is 11.7 Å². The molecule has 0 spiro atoms. The van der Waals surface area contributed by atoms with Gasteiger partial charge in [-0.25, -0.2) is 0 Å². The highest BCUT2D eigenvalue weighted by Crippen LogP contribution is 2.31. The van der Waals surface area contributed by atoms with Gasteiger partial charge in [-0.15, -0.1) is 0 Å². The number of halogens is 3. The fourth-order valence-electron chi connectivity index (χ4n) is 2.63. The lowest BCUT2D eigenvalue weighted by molar-refractivity contribution is -0.154. The predicted octanol–water partition coefficient (Wildman–Crippen LogP) is 2.13. The Kier molecular flexibility index (Phi) is 5.23. The van der Waals surface area contributed by atoms with Crippen molar-refractivity contribution in [2.75, 3.05) is 26.9 Å². The lowest BCUT2D eigenvalue weighted by Gasteiger charge is -2.32. The molecule has 1 saturated heterocycles. The van der Waals surface area contributed by atoms with Gasteiger partial charge in [-0.2, -0.15) is 18.2 Å². The molecule has 1 aliphatic rings. The maximum absolute atomic E-state index is 12.8. The maximum Gasteiger partial charge on any atom is 0.416 e. The zero-order chi connectivity index (χ0) is 18.7. The Morgan fingerprint density at radius 2 is 2.23 bits per heavy atom. The van der Waals surface area contributed by atoms with E-state index in [0.29, 0.717) is 13.2 Å². The number of benzene rings is 1. The molecule has 1 aromatic carbocycles. The number of alkyl halides is 3. The summed E-state index contributed by atoms with van der Waals surface area (Å²) >= 11 is 0. The van der Waals surface area contributed by atoms with Crippen LogP contribution in [0.4, 0.5) is 13.2 Å². The van der Waals surface area contributed by atoms with Crippen LogP contribution in [0.15, 0.2) is 28.8 Å². The number of esters is 1. The molecule has 0 N–H and O–H groups in total. The number of methoxy groups -OCH3 is 1. The van der Waals surface area contributed by atoms with E-state index in [1.54, 1.807) is 4.90 Å². The normalized spacial score (nSPS) is 18.7. The summed E-state index contributed by atoms with van der Waals surface area (Å²) in [5, 5.41) is 3.74. The highest BCUT2D eigenvalue weighted by molar-refractivity contribution is 5.75. The van der Waals surface area contributed by atoms with E-state index in [0.717, 1.165) is 12.1 Å². The molecule has 0 saturated carbocycles. The highest BCUT2D eigenvalue weighted by atomic mass is 19.4. The first-order chi connectivity index (χ1) is 12.4. The average molecular weight is 371 g/mol. The Morgan fingerprint density at radius 1 is 1.42 bits per heavy atom. The van der Waals surface area contributed by atoms with Crippen LogP contribution in [-0.4, -0.2) is 53.9 Å². The Hall–Kier alpha value is -2.46. The van der Waals surface area contributed by atoms with E-state index in [9.17, 15) is 18.0 Å². The van der Waals surface area contributed by atoms with E-state index in [1.807, 2.05) is 0 Å². The van der Waals surface area contributed by atoms with Crippen LogP contribution in [-0.2, 0) is 27.0 Å². The van der Waals surface area contributed by atoms with Crippen LogP contribution in [0.3, 0.4) is 0 Å². The van der Waals surface area contributed by atoms with Gasteiger partial charge in [-0.1, -0.05) is 17.3 Å². The number of carbonyl (C=O) groups excluding carboxylic acids is 1. The van der Waals surface area contributed by atoms with Crippen LogP contribution in [0.2, 0.25) is 0 Å². The number of hydrogen-bond acceptors (Lipinski definition) is 7. The molecule has 0 aliphatic carbocycles. The van der Waals surface area contributed by atoms with Gasteiger partial charge in [-0.3, -0.25) is 9.69 Å². The van der Waals surface area contributed by atoms with Gasteiger partial charge in [0.05, 0.1) is 32.4 Å². The molecule has 10 heteroatoms. The number of aromatic nitrogens is 2. The van der Waals surface area contributed by atoms with Gasteiger partial charge < -0.3 is 14.0 Å². The minimum absolute atomic E-state index is 0.0500. The first-order valence-electron chi connectivity index (χ1n) is 7.78. The van der Waals surface area contributed by atoms with Crippen molar-refractivity contribution in [3.63, 3.8) is 0 Å². The molecule has 140 valence electrons. The fourth-order valence-corrected chi connectivity index (χ4v) is 2.63. The average Bonchev–Trinajstić information content (AvgIpc) is 3.09. The van der Waals surface area contributed by atoms with Crippen molar-refractivity contribution in [1.82, 2.24) is 15.0 Å². The molecular weight excluding hydrogens is 355 g/mol. The van der Waals surface area contributed by atoms with Gasteiger partial charge in [0.15, 0.2) is 0 Å². The van der Waals surface area contributed by atoms with Crippen LogP contribution in [0.5, 0.6) is 0 Å². The van der Waals surface area contributed by atoms with E-state index in [-0.39, 0.29) is 30.4 Å². The molecule has 26 heavy (non-hydrogen) atoms. The molecule has 1 atom stereocenters. The Bertz CT molecular complexity index is 778. The Labute approximate surface area is 146 Å². The van der Waals surface area contributed by atoms with Crippen LogP contribution in [0.1, 0.15) is 11.5 Å². The minimum Gasteiger partial charge on any atom is -0.468 e. The van der Waals surface area contributed by atoms with Crippen molar-refractivity contribution in [1.29, 1.82) is 0 Å². The summed E-state index contributed by atoms with van der Waals surface area (Å²) in [4.78, 5) is 17.7. The lowest BCUT2D eigenvalue weighted by Crippen LogP contribution is -2.49. The summed E-state index contributed by atoms with van der Waals surface area (Å²) < 4.78 is 53.6. The molecule has 0 amide bonds. The molecule has 2 heterocycles. The second kappa shape index (κ2) is 7.42. The largest absolute Gasteiger partial charge is 0.468 e. The molecule has 3 rings (SSSR count). The standard InChI is InChI=1S/C16H16F3N3O4/c1-24-15(23)12-9-25-6-5-22(12)8-13-20-14(21-26-13)10-3-2-4-11(7-10)16(17,18)19/h2-4,7,12H,5-6,8-9H2,1H3/t12-/m1/s1. The summed E-state index contributed by atoms with van der Waals surface area (Å²) in [5.41, 5.74) is -0.596. The molecule has 0 unspecified atom stereocenters. The van der Waals surface area contributed by atoms with Gasteiger partial charge in [-0.05, 0) is 12.1 Å². The molecule has 1 fully saturated rings. The molecule has 7 nitrogen and oxygen atoms in total. The van der Waals surface area contributed by atoms with Crippen molar-refractivity contribution in [3.05, 3.63) is 35.7 Å². The van der Waals surface area contributed by atoms with Crippen molar-refractivity contribution in [2.45, 2.75) is 18.8 Å². The number of hydrogen-bond donors (Lipinski definition) is 0. The van der Waals surface area contributed by atoms with Crippen molar-refractivity contribution in [3.8, 4) is 11.4 Å². The van der Waals surface area contributed by atoms with Gasteiger partial charge in [0.25, 0.3) is 0 Å². The summed E-state index contributed by atoms with van der Waals surface area (Å²) in [6.07, 6.45) is -4.45. The summed E-state index contributed by atoms with van der Waals surface area (Å²) in [5.74, 6) is -0.204. The van der Waals surface area contributed by atoms with Crippen molar-refractivity contribution in [2.24, 2.45) is 0 Å². The monoisotopic (exact) mass is 371 g/mol. The summed E-state index contributed by atoms with van der Waals surface area (Å²) in [6, 6.07) is 4.08. The van der Waals surface area contributed by atoms with Crippen LogP contribution in [0, 0.1) is 0 Å². The van der Waals surface area contributed by atoms with Gasteiger partial charge >= 0.3 is 12.1 Å². The molecular formula is C16H16F3N3O4. The maximum atomic E-state index is 12.8. The summed E-state index contributed by atoms with van der Waals surface area (Å²) in [7, 11) is 1.29. The zero-order valence-corrected chi connectivity index (χ0v) is 13.8. The van der Waals surface area contributed by atoms with E-state index in [4.69, 9.17) is 14.0 Å². The van der Waals surface area contributed by atoms with Crippen LogP contribution in [0.25, 0.3) is 11.4 Å². The topological polar surface area (TPSA) is 77.7 Å². The third-order valence-electron chi connectivity index (χ3n) is 3.97. The third-order valence-corrected chi connectivity index (χ3v) is 3.97. The van der Waals surface area contributed by atoms with E-state index in [2.05, 4.69) is 10.1 Å². The van der Waals surface area contributed by atoms with Crippen LogP contribution < -0.4 is 0 Å². The first-order valence-corrected chi connectivity index (χ1v) is 7.78. The lowest BCUT2D eigenvalue weighted by atomic mass is 10.1. The quantitative estimate of drug-likeness (QED) is 0.762. The van der Waals surface area contributed by atoms with Gasteiger partial charge in [0.1, 0.15) is 6.04 Å². The molecule has 2 aromatic rings. The van der Waals surface area contributed by atoms with E-state index in [1.165, 1.54) is 19.2 Å². The first kappa shape index (κ1) is 18.3. The minimum atomic E-state index is -4.45. The number of rotatable bonds is 4.